The van der Waals surface area contributed by atoms with E-state index in [4.69, 9.17) is 0 Å². The summed E-state index contributed by atoms with van der Waals surface area (Å²) >= 11 is 1.52. The standard InChI is InChI=1S/C20H19N5OS/c1-2-17-22-23-20-25(17)24-19(27-20)16-10-8-15(9-11-16)13-21-18(26)12-14-6-4-3-5-7-14/h3-11H,2,12-13H2,1H3,(H,21,26). The fourth-order valence-corrected chi connectivity index (χ4v) is 3.67. The average molecular weight is 377 g/mol. The Hall–Kier alpha value is -3.06. The van der Waals surface area contributed by atoms with Crippen LogP contribution in [0, 0.1) is 0 Å². The number of nitrogens with zero attached hydrogens (tertiary/aromatic N) is 4. The highest BCUT2D eigenvalue weighted by Crippen LogP contribution is 2.25. The molecule has 0 spiro atoms. The maximum absolute atomic E-state index is 12.1. The second-order valence-corrected chi connectivity index (χ2v) is 7.16. The SMILES string of the molecule is CCc1nnc2sc(-c3ccc(CNC(=O)Cc4ccccc4)cc3)nn12. The van der Waals surface area contributed by atoms with Crippen molar-refractivity contribution in [3.8, 4) is 10.6 Å². The third-order valence-electron chi connectivity index (χ3n) is 4.27. The Labute approximate surface area is 160 Å². The second kappa shape index (κ2) is 7.67. The Balaban J connectivity index is 1.39. The molecule has 136 valence electrons. The van der Waals surface area contributed by atoms with Crippen LogP contribution in [0.4, 0.5) is 0 Å². The van der Waals surface area contributed by atoms with Crippen LogP contribution in [0.5, 0.6) is 0 Å². The molecule has 0 bridgehead atoms. The first kappa shape index (κ1) is 17.4. The van der Waals surface area contributed by atoms with E-state index in [2.05, 4.69) is 20.6 Å². The number of amides is 1. The molecule has 2 aromatic heterocycles. The first-order chi connectivity index (χ1) is 13.2. The number of hydrogen-bond acceptors (Lipinski definition) is 5. The molecule has 0 saturated heterocycles. The van der Waals surface area contributed by atoms with Crippen LogP contribution in [-0.4, -0.2) is 25.7 Å². The average Bonchev–Trinajstić information content (AvgIpc) is 3.28. The van der Waals surface area contributed by atoms with E-state index in [1.807, 2.05) is 61.5 Å². The zero-order valence-corrected chi connectivity index (χ0v) is 15.7. The van der Waals surface area contributed by atoms with Crippen LogP contribution >= 0.6 is 11.3 Å². The van der Waals surface area contributed by atoms with Gasteiger partial charge >= 0.3 is 0 Å². The van der Waals surface area contributed by atoms with Gasteiger partial charge in [0.25, 0.3) is 0 Å². The van der Waals surface area contributed by atoms with E-state index in [0.29, 0.717) is 13.0 Å². The van der Waals surface area contributed by atoms with E-state index in [1.54, 1.807) is 4.52 Å². The number of aromatic nitrogens is 4. The van der Waals surface area contributed by atoms with Gasteiger partial charge < -0.3 is 5.32 Å². The molecule has 2 heterocycles. The summed E-state index contributed by atoms with van der Waals surface area (Å²) in [6.45, 7) is 2.55. The fourth-order valence-electron chi connectivity index (χ4n) is 2.80. The van der Waals surface area contributed by atoms with E-state index < -0.39 is 0 Å². The van der Waals surface area contributed by atoms with Gasteiger partial charge in [0.15, 0.2) is 5.82 Å². The van der Waals surface area contributed by atoms with E-state index in [0.717, 1.165) is 38.9 Å². The zero-order valence-electron chi connectivity index (χ0n) is 14.9. The number of carbonyl (C=O) groups is 1. The molecule has 2 aromatic carbocycles. The van der Waals surface area contributed by atoms with Crippen molar-refractivity contribution in [3.05, 3.63) is 71.5 Å². The second-order valence-electron chi connectivity index (χ2n) is 6.21. The molecule has 0 aliphatic carbocycles. The van der Waals surface area contributed by atoms with Crippen LogP contribution in [0.15, 0.2) is 54.6 Å². The topological polar surface area (TPSA) is 72.2 Å². The molecule has 4 aromatic rings. The smallest absolute Gasteiger partial charge is 0.234 e. The van der Waals surface area contributed by atoms with Crippen molar-refractivity contribution < 1.29 is 4.79 Å². The van der Waals surface area contributed by atoms with Gasteiger partial charge in [-0.2, -0.15) is 9.61 Å². The first-order valence-electron chi connectivity index (χ1n) is 8.84. The number of carbonyl (C=O) groups excluding carboxylic acids is 1. The minimum absolute atomic E-state index is 0.0195. The van der Waals surface area contributed by atoms with Gasteiger partial charge in [-0.25, -0.2) is 0 Å². The van der Waals surface area contributed by atoms with Crippen LogP contribution in [0.3, 0.4) is 0 Å². The number of nitrogens with one attached hydrogen (secondary N) is 1. The molecular weight excluding hydrogens is 358 g/mol. The summed E-state index contributed by atoms with van der Waals surface area (Å²) < 4.78 is 1.80. The Bertz CT molecular complexity index is 1050. The van der Waals surface area contributed by atoms with E-state index in [1.165, 1.54) is 11.3 Å². The van der Waals surface area contributed by atoms with Crippen molar-refractivity contribution in [3.63, 3.8) is 0 Å². The molecule has 0 atom stereocenters. The molecule has 27 heavy (non-hydrogen) atoms. The van der Waals surface area contributed by atoms with Gasteiger partial charge in [0.1, 0.15) is 5.01 Å². The molecule has 1 amide bonds. The van der Waals surface area contributed by atoms with Crippen LogP contribution in [0.1, 0.15) is 23.9 Å². The summed E-state index contributed by atoms with van der Waals surface area (Å²) in [6, 6.07) is 17.8. The Morgan fingerprint density at radius 3 is 2.56 bits per heavy atom. The van der Waals surface area contributed by atoms with Crippen molar-refractivity contribution in [2.75, 3.05) is 0 Å². The fraction of sp³-hybridized carbons (Fsp3) is 0.200. The Morgan fingerprint density at radius 1 is 1.04 bits per heavy atom. The lowest BCUT2D eigenvalue weighted by Gasteiger charge is -2.06. The summed E-state index contributed by atoms with van der Waals surface area (Å²) in [5.74, 6) is 0.885. The van der Waals surface area contributed by atoms with Crippen LogP contribution in [0.2, 0.25) is 0 Å². The van der Waals surface area contributed by atoms with Gasteiger partial charge in [0.2, 0.25) is 10.9 Å². The highest BCUT2D eigenvalue weighted by molar-refractivity contribution is 7.19. The number of rotatable bonds is 6. The molecule has 1 N–H and O–H groups in total. The summed E-state index contributed by atoms with van der Waals surface area (Å²) in [6.07, 6.45) is 1.19. The van der Waals surface area contributed by atoms with Gasteiger partial charge in [0, 0.05) is 18.5 Å². The third kappa shape index (κ3) is 3.88. The summed E-state index contributed by atoms with van der Waals surface area (Å²) in [7, 11) is 0. The van der Waals surface area contributed by atoms with Gasteiger partial charge in [-0.1, -0.05) is 72.9 Å². The lowest BCUT2D eigenvalue weighted by molar-refractivity contribution is -0.120. The summed E-state index contributed by atoms with van der Waals surface area (Å²) in [5, 5.41) is 16.8. The first-order valence-corrected chi connectivity index (χ1v) is 9.65. The van der Waals surface area contributed by atoms with Crippen molar-refractivity contribution in [2.45, 2.75) is 26.3 Å². The molecular formula is C20H19N5OS. The number of hydrogen-bond donors (Lipinski definition) is 1. The Morgan fingerprint density at radius 2 is 1.81 bits per heavy atom. The molecule has 6 nitrogen and oxygen atoms in total. The monoisotopic (exact) mass is 377 g/mol. The largest absolute Gasteiger partial charge is 0.352 e. The van der Waals surface area contributed by atoms with Gasteiger partial charge in [-0.05, 0) is 11.1 Å². The van der Waals surface area contributed by atoms with Crippen LogP contribution < -0.4 is 5.32 Å². The van der Waals surface area contributed by atoms with Crippen LogP contribution in [0.25, 0.3) is 15.5 Å². The zero-order chi connectivity index (χ0) is 18.6. The minimum Gasteiger partial charge on any atom is -0.352 e. The van der Waals surface area contributed by atoms with Crippen molar-refractivity contribution in [2.24, 2.45) is 0 Å². The molecule has 0 fully saturated rings. The van der Waals surface area contributed by atoms with Gasteiger partial charge in [-0.15, -0.1) is 10.2 Å². The Kier molecular flexibility index (Phi) is 4.93. The molecule has 0 unspecified atom stereocenters. The quantitative estimate of drug-likeness (QED) is 0.560. The molecule has 0 aliphatic heterocycles. The van der Waals surface area contributed by atoms with E-state index in [-0.39, 0.29) is 5.91 Å². The number of aryl methyl sites for hydroxylation is 1. The minimum atomic E-state index is 0.0195. The lowest BCUT2D eigenvalue weighted by Crippen LogP contribution is -2.24. The summed E-state index contributed by atoms with van der Waals surface area (Å²) in [4.78, 5) is 12.9. The molecule has 4 rings (SSSR count). The number of fused-ring (bicyclic) bond motifs is 1. The van der Waals surface area contributed by atoms with Gasteiger partial charge in [0.05, 0.1) is 6.42 Å². The van der Waals surface area contributed by atoms with E-state index >= 15 is 0 Å². The van der Waals surface area contributed by atoms with Crippen molar-refractivity contribution in [1.82, 2.24) is 25.1 Å². The van der Waals surface area contributed by atoms with Crippen LogP contribution in [-0.2, 0) is 24.2 Å². The maximum atomic E-state index is 12.1. The predicted molar refractivity (Wildman–Crippen MR) is 105 cm³/mol. The highest BCUT2D eigenvalue weighted by Gasteiger charge is 2.11. The molecule has 0 saturated carbocycles. The highest BCUT2D eigenvalue weighted by atomic mass is 32.1. The van der Waals surface area contributed by atoms with Crippen molar-refractivity contribution >= 4 is 22.2 Å². The maximum Gasteiger partial charge on any atom is 0.234 e. The van der Waals surface area contributed by atoms with Crippen molar-refractivity contribution in [1.29, 1.82) is 0 Å². The van der Waals surface area contributed by atoms with E-state index in [9.17, 15) is 4.79 Å². The molecule has 0 aliphatic rings. The molecule has 7 heteroatoms. The third-order valence-corrected chi connectivity index (χ3v) is 5.22. The normalized spacial score (nSPS) is 11.0. The van der Waals surface area contributed by atoms with Gasteiger partial charge in [-0.3, -0.25) is 4.79 Å². The lowest BCUT2D eigenvalue weighted by atomic mass is 10.1. The predicted octanol–water partition coefficient (Wildman–Crippen LogP) is 3.27. The molecule has 0 radical (unpaired) electrons. The number of benzene rings is 2. The summed E-state index contributed by atoms with van der Waals surface area (Å²) in [5.41, 5.74) is 3.10.